The van der Waals surface area contributed by atoms with E-state index in [-0.39, 0.29) is 10.6 Å². The van der Waals surface area contributed by atoms with Crippen LogP contribution in [0.4, 0.5) is 5.69 Å². The molecule has 1 aromatic heterocycles. The van der Waals surface area contributed by atoms with Crippen molar-refractivity contribution in [2.45, 2.75) is 30.7 Å². The summed E-state index contributed by atoms with van der Waals surface area (Å²) in [4.78, 5) is 14.6. The van der Waals surface area contributed by atoms with Crippen LogP contribution in [0, 0.1) is 17.0 Å². The van der Waals surface area contributed by atoms with Crippen LogP contribution in [0.3, 0.4) is 0 Å². The van der Waals surface area contributed by atoms with Crippen molar-refractivity contribution >= 4 is 15.7 Å². The highest BCUT2D eigenvalue weighted by Gasteiger charge is 2.39. The molecule has 0 unspecified atom stereocenters. The molecule has 8 heteroatoms. The number of benzene rings is 1. The lowest BCUT2D eigenvalue weighted by Gasteiger charge is -2.23. The Kier molecular flexibility index (Phi) is 4.33. The number of hydrogen-bond acceptors (Lipinski definition) is 5. The summed E-state index contributed by atoms with van der Waals surface area (Å²) in [5.41, 5.74) is 0.915. The summed E-state index contributed by atoms with van der Waals surface area (Å²) in [6.07, 6.45) is 2.96. The molecule has 0 saturated carbocycles. The zero-order chi connectivity index (χ0) is 17.3. The van der Waals surface area contributed by atoms with E-state index in [1.807, 2.05) is 0 Å². The molecule has 1 fully saturated rings. The van der Waals surface area contributed by atoms with E-state index in [4.69, 9.17) is 0 Å². The van der Waals surface area contributed by atoms with Gasteiger partial charge in [0.1, 0.15) is 0 Å². The fourth-order valence-electron chi connectivity index (χ4n) is 3.01. The minimum atomic E-state index is -3.98. The van der Waals surface area contributed by atoms with Crippen LogP contribution < -0.4 is 0 Å². The Balaban J connectivity index is 2.06. The number of hydrogen-bond donors (Lipinski definition) is 0. The molecule has 2 heterocycles. The second kappa shape index (κ2) is 6.29. The van der Waals surface area contributed by atoms with Gasteiger partial charge in [-0.25, -0.2) is 8.42 Å². The summed E-state index contributed by atoms with van der Waals surface area (Å²) in [6, 6.07) is 9.14. The molecule has 1 aromatic carbocycles. The van der Waals surface area contributed by atoms with Gasteiger partial charge < -0.3 is 0 Å². The number of rotatable bonds is 4. The topological polar surface area (TPSA) is 93.4 Å². The second-order valence-electron chi connectivity index (χ2n) is 5.76. The highest BCUT2D eigenvalue weighted by molar-refractivity contribution is 7.89. The molecule has 3 rings (SSSR count). The number of nitro groups is 1. The van der Waals surface area contributed by atoms with E-state index in [0.717, 1.165) is 0 Å². The van der Waals surface area contributed by atoms with Crippen molar-refractivity contribution in [3.05, 3.63) is 64.0 Å². The van der Waals surface area contributed by atoms with Gasteiger partial charge in [0.05, 0.1) is 16.7 Å². The van der Waals surface area contributed by atoms with Gasteiger partial charge in [0.15, 0.2) is 4.90 Å². The van der Waals surface area contributed by atoms with E-state index in [9.17, 15) is 18.5 Å². The Labute approximate surface area is 140 Å². The summed E-state index contributed by atoms with van der Waals surface area (Å²) >= 11 is 0. The number of aromatic nitrogens is 1. The second-order valence-corrected chi connectivity index (χ2v) is 7.62. The first kappa shape index (κ1) is 16.5. The van der Waals surface area contributed by atoms with E-state index >= 15 is 0 Å². The standard InChI is InChI=1S/C16H17N3O4S/c1-12-7-8-16(15(11-12)19(20)21)24(22,23)18-10-4-6-14(18)13-5-2-3-9-17-13/h2-3,5,7-9,11,14H,4,6,10H2,1H3/t14-/m0/s1. The minimum absolute atomic E-state index is 0.263. The third-order valence-corrected chi connectivity index (χ3v) is 6.09. The first-order chi connectivity index (χ1) is 11.4. The molecule has 1 aliphatic heterocycles. The van der Waals surface area contributed by atoms with Crippen LogP contribution in [0.15, 0.2) is 47.5 Å². The van der Waals surface area contributed by atoms with Gasteiger partial charge in [-0.15, -0.1) is 0 Å². The molecule has 0 aliphatic carbocycles. The fraction of sp³-hybridized carbons (Fsp3) is 0.312. The summed E-state index contributed by atoms with van der Waals surface area (Å²) in [5, 5.41) is 11.3. The largest absolute Gasteiger partial charge is 0.289 e. The number of aryl methyl sites for hydroxylation is 1. The number of nitrogens with zero attached hydrogens (tertiary/aromatic N) is 3. The summed E-state index contributed by atoms with van der Waals surface area (Å²) in [5.74, 6) is 0. The molecule has 2 aromatic rings. The van der Waals surface area contributed by atoms with Crippen molar-refractivity contribution in [3.8, 4) is 0 Å². The monoisotopic (exact) mass is 347 g/mol. The molecule has 7 nitrogen and oxygen atoms in total. The van der Waals surface area contributed by atoms with Crippen molar-refractivity contribution in [1.82, 2.24) is 9.29 Å². The highest BCUT2D eigenvalue weighted by Crippen LogP contribution is 2.38. The Morgan fingerprint density at radius 1 is 1.29 bits per heavy atom. The number of sulfonamides is 1. The van der Waals surface area contributed by atoms with Crippen molar-refractivity contribution in [3.63, 3.8) is 0 Å². The predicted octanol–water partition coefficient (Wildman–Crippen LogP) is 2.82. The molecule has 0 spiro atoms. The molecule has 0 radical (unpaired) electrons. The number of nitro benzene ring substituents is 1. The number of pyridine rings is 1. The zero-order valence-corrected chi connectivity index (χ0v) is 13.9. The summed E-state index contributed by atoms with van der Waals surface area (Å²) < 4.78 is 27.4. The maximum Gasteiger partial charge on any atom is 0.289 e. The van der Waals surface area contributed by atoms with Gasteiger partial charge >= 0.3 is 0 Å². The maximum atomic E-state index is 13.0. The van der Waals surface area contributed by atoms with Crippen LogP contribution >= 0.6 is 0 Å². The Morgan fingerprint density at radius 3 is 2.75 bits per heavy atom. The lowest BCUT2D eigenvalue weighted by atomic mass is 10.1. The molecule has 0 N–H and O–H groups in total. The van der Waals surface area contributed by atoms with Crippen molar-refractivity contribution < 1.29 is 13.3 Å². The van der Waals surface area contributed by atoms with Gasteiger partial charge in [-0.1, -0.05) is 12.1 Å². The molecule has 1 atom stereocenters. The van der Waals surface area contributed by atoms with E-state index in [2.05, 4.69) is 4.98 Å². The molecule has 1 saturated heterocycles. The fourth-order valence-corrected chi connectivity index (χ4v) is 4.82. The SMILES string of the molecule is Cc1ccc(S(=O)(=O)N2CCC[C@H]2c2ccccn2)c([N+](=O)[O-])c1. The maximum absolute atomic E-state index is 13.0. The van der Waals surface area contributed by atoms with Gasteiger partial charge in [-0.05, 0) is 43.5 Å². The third-order valence-electron chi connectivity index (χ3n) is 4.13. The van der Waals surface area contributed by atoms with Crippen LogP contribution in [-0.4, -0.2) is 29.2 Å². The van der Waals surface area contributed by atoms with Gasteiger partial charge in [-0.3, -0.25) is 15.1 Å². The molecule has 0 amide bonds. The molecule has 126 valence electrons. The average molecular weight is 347 g/mol. The van der Waals surface area contributed by atoms with E-state index < -0.39 is 21.0 Å². The lowest BCUT2D eigenvalue weighted by molar-refractivity contribution is -0.387. The van der Waals surface area contributed by atoms with Crippen molar-refractivity contribution in [2.75, 3.05) is 6.54 Å². The van der Waals surface area contributed by atoms with Crippen LogP contribution in [0.2, 0.25) is 0 Å². The van der Waals surface area contributed by atoms with E-state index in [1.165, 1.54) is 16.4 Å². The summed E-state index contributed by atoms with van der Waals surface area (Å²) in [6.45, 7) is 2.02. The van der Waals surface area contributed by atoms with Crippen LogP contribution in [0.5, 0.6) is 0 Å². The van der Waals surface area contributed by atoms with Crippen LogP contribution in [0.25, 0.3) is 0 Å². The third kappa shape index (κ3) is 2.90. The molecule has 0 bridgehead atoms. The first-order valence-corrected chi connectivity index (χ1v) is 9.03. The van der Waals surface area contributed by atoms with E-state index in [1.54, 1.807) is 37.4 Å². The molecular weight excluding hydrogens is 330 g/mol. The highest BCUT2D eigenvalue weighted by atomic mass is 32.2. The first-order valence-electron chi connectivity index (χ1n) is 7.59. The Bertz CT molecular complexity index is 868. The predicted molar refractivity (Wildman–Crippen MR) is 87.9 cm³/mol. The van der Waals surface area contributed by atoms with Gasteiger partial charge in [-0.2, -0.15) is 4.31 Å². The smallest absolute Gasteiger partial charge is 0.260 e. The van der Waals surface area contributed by atoms with Crippen molar-refractivity contribution in [2.24, 2.45) is 0 Å². The zero-order valence-electron chi connectivity index (χ0n) is 13.1. The lowest BCUT2D eigenvalue weighted by Crippen LogP contribution is -2.31. The van der Waals surface area contributed by atoms with Crippen LogP contribution in [0.1, 0.15) is 30.1 Å². The minimum Gasteiger partial charge on any atom is -0.260 e. The van der Waals surface area contributed by atoms with Crippen LogP contribution in [-0.2, 0) is 10.0 Å². The Morgan fingerprint density at radius 2 is 2.08 bits per heavy atom. The Hall–Kier alpha value is -2.32. The van der Waals surface area contributed by atoms with Gasteiger partial charge in [0.2, 0.25) is 0 Å². The summed E-state index contributed by atoms with van der Waals surface area (Å²) in [7, 11) is -3.98. The van der Waals surface area contributed by atoms with Crippen molar-refractivity contribution in [1.29, 1.82) is 0 Å². The average Bonchev–Trinajstić information content (AvgIpc) is 3.06. The molecule has 24 heavy (non-hydrogen) atoms. The quantitative estimate of drug-likeness (QED) is 0.626. The normalized spacial score (nSPS) is 18.6. The van der Waals surface area contributed by atoms with Gasteiger partial charge in [0.25, 0.3) is 15.7 Å². The molecular formula is C16H17N3O4S. The van der Waals surface area contributed by atoms with E-state index in [0.29, 0.717) is 30.6 Å². The molecule has 1 aliphatic rings. The van der Waals surface area contributed by atoms with Gasteiger partial charge in [0, 0.05) is 18.8 Å².